The highest BCUT2D eigenvalue weighted by atomic mass is 31.2. The summed E-state index contributed by atoms with van der Waals surface area (Å²) in [6.45, 7) is 2.18. The molecule has 11 heteroatoms. The van der Waals surface area contributed by atoms with E-state index in [1.807, 2.05) is 6.07 Å². The first-order chi connectivity index (χ1) is 13.8. The zero-order valence-electron chi connectivity index (χ0n) is 16.7. The van der Waals surface area contributed by atoms with E-state index < -0.39 is 7.60 Å². The van der Waals surface area contributed by atoms with Crippen LogP contribution >= 0.6 is 7.60 Å². The molecule has 3 rings (SSSR count). The lowest BCUT2D eigenvalue weighted by molar-refractivity contribution is 0.182. The van der Waals surface area contributed by atoms with Gasteiger partial charge in [0.2, 0.25) is 5.88 Å². The number of methoxy groups -OCH3 is 2. The van der Waals surface area contributed by atoms with E-state index in [2.05, 4.69) is 15.0 Å². The van der Waals surface area contributed by atoms with Crippen molar-refractivity contribution in [1.29, 1.82) is 0 Å². The molecule has 3 heterocycles. The van der Waals surface area contributed by atoms with Crippen molar-refractivity contribution in [3.63, 3.8) is 0 Å². The molecule has 0 atom stereocenters. The Morgan fingerprint density at radius 3 is 2.62 bits per heavy atom. The van der Waals surface area contributed by atoms with Crippen LogP contribution in [0.1, 0.15) is 19.3 Å². The van der Waals surface area contributed by atoms with Crippen LogP contribution in [0.5, 0.6) is 5.88 Å². The zero-order valence-corrected chi connectivity index (χ0v) is 17.5. The van der Waals surface area contributed by atoms with Gasteiger partial charge in [0.15, 0.2) is 0 Å². The van der Waals surface area contributed by atoms with E-state index in [1.165, 1.54) is 11.8 Å². The Hall–Kier alpha value is -2.00. The van der Waals surface area contributed by atoms with Gasteiger partial charge >= 0.3 is 7.60 Å². The molecule has 0 spiro atoms. The van der Waals surface area contributed by atoms with Crippen LogP contribution in [-0.2, 0) is 15.8 Å². The Bertz CT molecular complexity index is 951. The van der Waals surface area contributed by atoms with E-state index in [-0.39, 0.29) is 23.5 Å². The Balaban J connectivity index is 1.79. The van der Waals surface area contributed by atoms with E-state index in [1.54, 1.807) is 13.3 Å². The molecule has 0 radical (unpaired) electrons. The van der Waals surface area contributed by atoms with Crippen molar-refractivity contribution in [3.05, 3.63) is 22.6 Å². The minimum absolute atomic E-state index is 0.0687. The zero-order chi connectivity index (χ0) is 21.0. The Morgan fingerprint density at radius 2 is 2.00 bits per heavy atom. The van der Waals surface area contributed by atoms with Crippen molar-refractivity contribution >= 4 is 24.2 Å². The van der Waals surface area contributed by atoms with Gasteiger partial charge in [0.05, 0.1) is 32.6 Å². The van der Waals surface area contributed by atoms with E-state index in [0.717, 1.165) is 25.9 Å². The van der Waals surface area contributed by atoms with Gasteiger partial charge in [0.1, 0.15) is 11.2 Å². The minimum atomic E-state index is -3.95. The van der Waals surface area contributed by atoms with Gasteiger partial charge in [0, 0.05) is 25.6 Å². The minimum Gasteiger partial charge on any atom is -0.480 e. The maximum Gasteiger partial charge on any atom is 0.325 e. The van der Waals surface area contributed by atoms with E-state index in [4.69, 9.17) is 19.3 Å². The van der Waals surface area contributed by atoms with Crippen LogP contribution in [0.15, 0.2) is 17.1 Å². The fraction of sp³-hybridized carbons (Fsp3) is 0.611. The van der Waals surface area contributed by atoms with Crippen molar-refractivity contribution < 1.29 is 23.8 Å². The second kappa shape index (κ2) is 9.21. The third-order valence-corrected chi connectivity index (χ3v) is 6.10. The molecule has 160 valence electrons. The fourth-order valence-electron chi connectivity index (χ4n) is 3.61. The number of hydrogen-bond donors (Lipinski definition) is 2. The molecule has 2 N–H and O–H groups in total. The summed E-state index contributed by atoms with van der Waals surface area (Å²) in [4.78, 5) is 37.5. The SMILES string of the molecule is COCCn1ncc2cc(N3CCC(CCP(=O)(O)O)CC3)nc(OC)c2c1=O. The predicted molar refractivity (Wildman–Crippen MR) is 109 cm³/mol. The summed E-state index contributed by atoms with van der Waals surface area (Å²) in [5.41, 5.74) is -0.272. The smallest absolute Gasteiger partial charge is 0.325 e. The van der Waals surface area contributed by atoms with Crippen molar-refractivity contribution in [2.45, 2.75) is 25.8 Å². The highest BCUT2D eigenvalue weighted by Crippen LogP contribution is 2.38. The summed E-state index contributed by atoms with van der Waals surface area (Å²) in [7, 11) is -0.898. The van der Waals surface area contributed by atoms with Crippen molar-refractivity contribution in [3.8, 4) is 5.88 Å². The quantitative estimate of drug-likeness (QED) is 0.599. The number of anilines is 1. The van der Waals surface area contributed by atoms with Crippen LogP contribution in [0.4, 0.5) is 5.82 Å². The summed E-state index contributed by atoms with van der Waals surface area (Å²) >= 11 is 0. The van der Waals surface area contributed by atoms with E-state index in [9.17, 15) is 9.36 Å². The van der Waals surface area contributed by atoms with Gasteiger partial charge in [0.25, 0.3) is 5.56 Å². The molecule has 1 aliphatic rings. The third kappa shape index (κ3) is 5.33. The van der Waals surface area contributed by atoms with Crippen LogP contribution in [0.2, 0.25) is 0 Å². The van der Waals surface area contributed by atoms with Gasteiger partial charge in [-0.2, -0.15) is 10.1 Å². The summed E-state index contributed by atoms with van der Waals surface area (Å²) in [6, 6.07) is 1.84. The monoisotopic (exact) mass is 426 g/mol. The molecule has 29 heavy (non-hydrogen) atoms. The van der Waals surface area contributed by atoms with Crippen LogP contribution in [-0.4, -0.2) is 64.6 Å². The largest absolute Gasteiger partial charge is 0.480 e. The molecule has 10 nitrogen and oxygen atoms in total. The molecule has 2 aromatic rings. The number of piperidine rings is 1. The molecule has 0 unspecified atom stereocenters. The maximum atomic E-state index is 12.7. The van der Waals surface area contributed by atoms with Gasteiger partial charge < -0.3 is 24.2 Å². The second-order valence-electron chi connectivity index (χ2n) is 7.23. The van der Waals surface area contributed by atoms with Crippen LogP contribution in [0.25, 0.3) is 10.8 Å². The molecule has 0 aliphatic carbocycles. The van der Waals surface area contributed by atoms with Crippen LogP contribution < -0.4 is 15.2 Å². The maximum absolute atomic E-state index is 12.7. The third-order valence-electron chi connectivity index (χ3n) is 5.26. The van der Waals surface area contributed by atoms with Crippen LogP contribution in [0.3, 0.4) is 0 Å². The molecule has 0 aromatic carbocycles. The fourth-order valence-corrected chi connectivity index (χ4v) is 4.31. The molecular weight excluding hydrogens is 399 g/mol. The Labute approximate surface area is 168 Å². The molecule has 1 saturated heterocycles. The van der Waals surface area contributed by atoms with Gasteiger partial charge in [-0.3, -0.25) is 9.36 Å². The van der Waals surface area contributed by atoms with Gasteiger partial charge in [-0.25, -0.2) is 4.68 Å². The second-order valence-corrected chi connectivity index (χ2v) is 9.00. The van der Waals surface area contributed by atoms with Crippen molar-refractivity contribution in [2.24, 2.45) is 5.92 Å². The Kier molecular flexibility index (Phi) is 6.89. The normalized spacial score (nSPS) is 15.8. The molecule has 2 aromatic heterocycles. The van der Waals surface area contributed by atoms with Gasteiger partial charge in [-0.05, 0) is 31.2 Å². The lowest BCUT2D eigenvalue weighted by Crippen LogP contribution is -2.34. The number of pyridine rings is 1. The first-order valence-corrected chi connectivity index (χ1v) is 11.4. The first-order valence-electron chi connectivity index (χ1n) is 9.55. The number of hydrogen-bond acceptors (Lipinski definition) is 7. The molecular formula is C18H27N4O6P. The van der Waals surface area contributed by atoms with E-state index in [0.29, 0.717) is 36.2 Å². The standard InChI is InChI=1S/C18H27N4O6P/c1-27-9-8-22-18(23)16-14(12-19-22)11-15(20-17(16)28-2)21-6-3-13(4-7-21)5-10-29(24,25)26/h11-13H,3-10H2,1-2H3,(H2,24,25,26). The molecule has 1 fully saturated rings. The summed E-state index contributed by atoms with van der Waals surface area (Å²) < 4.78 is 22.8. The molecule has 0 amide bonds. The number of ether oxygens (including phenoxy) is 2. The van der Waals surface area contributed by atoms with Gasteiger partial charge in [-0.1, -0.05) is 0 Å². The molecule has 0 bridgehead atoms. The topological polar surface area (TPSA) is 127 Å². The van der Waals surface area contributed by atoms with Crippen molar-refractivity contribution in [2.75, 3.05) is 45.0 Å². The lowest BCUT2D eigenvalue weighted by atomic mass is 9.94. The number of rotatable bonds is 8. The number of nitrogens with zero attached hydrogens (tertiary/aromatic N) is 4. The first kappa shape index (κ1) is 21.7. The highest BCUT2D eigenvalue weighted by molar-refractivity contribution is 7.51. The predicted octanol–water partition coefficient (Wildman–Crippen LogP) is 1.23. The highest BCUT2D eigenvalue weighted by Gasteiger charge is 2.24. The van der Waals surface area contributed by atoms with Crippen molar-refractivity contribution in [1.82, 2.24) is 14.8 Å². The average molecular weight is 426 g/mol. The lowest BCUT2D eigenvalue weighted by Gasteiger charge is -2.33. The Morgan fingerprint density at radius 1 is 1.28 bits per heavy atom. The van der Waals surface area contributed by atoms with E-state index >= 15 is 0 Å². The number of aromatic nitrogens is 3. The molecule has 0 saturated carbocycles. The molecule has 1 aliphatic heterocycles. The summed E-state index contributed by atoms with van der Waals surface area (Å²) in [6.07, 6.45) is 3.75. The summed E-state index contributed by atoms with van der Waals surface area (Å²) in [5, 5.41) is 5.26. The van der Waals surface area contributed by atoms with Gasteiger partial charge in [-0.15, -0.1) is 0 Å². The average Bonchev–Trinajstić information content (AvgIpc) is 2.71. The summed E-state index contributed by atoms with van der Waals surface area (Å²) in [5.74, 6) is 1.26. The number of fused-ring (bicyclic) bond motifs is 1. The van der Waals surface area contributed by atoms with Crippen LogP contribution in [0, 0.1) is 5.92 Å².